The molecule has 3 rings (SSSR count). The number of halogens is 1. The Morgan fingerprint density at radius 2 is 1.43 bits per heavy atom. The Bertz CT molecular complexity index is 1080. The van der Waals surface area contributed by atoms with Crippen LogP contribution in [0, 0.1) is 0 Å². The molecule has 0 spiro atoms. The van der Waals surface area contributed by atoms with Gasteiger partial charge in [-0.25, -0.2) is 0 Å². The van der Waals surface area contributed by atoms with Gasteiger partial charge in [-0.05, 0) is 61.1 Å². The van der Waals surface area contributed by atoms with Gasteiger partial charge in [-0.3, -0.25) is 9.59 Å². The molecule has 4 nitrogen and oxygen atoms in total. The number of aryl methyl sites for hydroxylation is 2. The van der Waals surface area contributed by atoms with Crippen molar-refractivity contribution in [3.05, 3.63) is 106 Å². The van der Waals surface area contributed by atoms with E-state index in [2.05, 4.69) is 52.4 Å². The number of nitrogens with zero attached hydrogens (tertiary/aromatic N) is 1. The molecular weight excluding hydrogens is 500 g/mol. The van der Waals surface area contributed by atoms with Gasteiger partial charge < -0.3 is 10.2 Å². The highest BCUT2D eigenvalue weighted by Crippen LogP contribution is 2.19. The summed E-state index contributed by atoms with van der Waals surface area (Å²) < 4.78 is 0.980. The van der Waals surface area contributed by atoms with Gasteiger partial charge in [0, 0.05) is 29.9 Å². The molecule has 0 unspecified atom stereocenters. The number of benzene rings is 3. The van der Waals surface area contributed by atoms with Gasteiger partial charge in [0.2, 0.25) is 11.8 Å². The summed E-state index contributed by atoms with van der Waals surface area (Å²) in [6.45, 7) is 6.40. The fraction of sp³-hybridized carbons (Fsp3) is 0.333. The minimum Gasteiger partial charge on any atom is -0.352 e. The van der Waals surface area contributed by atoms with Crippen LogP contribution in [0.25, 0.3) is 0 Å². The molecular formula is C30H35BrN2O2. The Balaban J connectivity index is 1.87. The summed E-state index contributed by atoms with van der Waals surface area (Å²) in [7, 11) is 0. The molecule has 2 amide bonds. The van der Waals surface area contributed by atoms with Crippen LogP contribution in [0.15, 0.2) is 83.3 Å². The highest BCUT2D eigenvalue weighted by Gasteiger charge is 2.30. The van der Waals surface area contributed by atoms with E-state index < -0.39 is 6.04 Å². The van der Waals surface area contributed by atoms with Gasteiger partial charge in [0.1, 0.15) is 6.04 Å². The Hall–Kier alpha value is -2.92. The predicted molar refractivity (Wildman–Crippen MR) is 146 cm³/mol. The van der Waals surface area contributed by atoms with Crippen molar-refractivity contribution in [2.45, 2.75) is 65.1 Å². The minimum absolute atomic E-state index is 0.0116. The third-order valence-electron chi connectivity index (χ3n) is 6.03. The number of rotatable bonds is 11. The van der Waals surface area contributed by atoms with Crippen LogP contribution in [0.2, 0.25) is 0 Å². The molecule has 184 valence electrons. The van der Waals surface area contributed by atoms with Gasteiger partial charge in [-0.2, -0.15) is 0 Å². The summed E-state index contributed by atoms with van der Waals surface area (Å²) in [4.78, 5) is 28.8. The summed E-state index contributed by atoms with van der Waals surface area (Å²) in [5.74, 6) is -0.145. The standard InChI is InChI=1S/C30H35BrN2O2/c1-4-23-10-12-24(13-11-23)16-19-29(34)33(21-26-14-17-27(31)18-15-26)28(30(35)32-22(2)3)20-25-8-6-5-7-9-25/h5-15,17-18,22,28H,4,16,19-21H2,1-3H3,(H,32,35)/t28-/m0/s1. The quantitative estimate of drug-likeness (QED) is 0.322. The molecule has 3 aromatic carbocycles. The molecule has 0 heterocycles. The summed E-state index contributed by atoms with van der Waals surface area (Å²) in [5, 5.41) is 3.04. The summed E-state index contributed by atoms with van der Waals surface area (Å²) in [6, 6.07) is 25.6. The highest BCUT2D eigenvalue weighted by molar-refractivity contribution is 9.10. The van der Waals surface area contributed by atoms with Gasteiger partial charge in [-0.15, -0.1) is 0 Å². The first-order valence-electron chi connectivity index (χ1n) is 12.3. The van der Waals surface area contributed by atoms with Crippen molar-refractivity contribution in [2.75, 3.05) is 0 Å². The van der Waals surface area contributed by atoms with Crippen molar-refractivity contribution in [1.82, 2.24) is 10.2 Å². The monoisotopic (exact) mass is 534 g/mol. The second kappa shape index (κ2) is 13.2. The molecule has 35 heavy (non-hydrogen) atoms. The summed E-state index contributed by atoms with van der Waals surface area (Å²) in [6.07, 6.45) is 2.45. The third kappa shape index (κ3) is 8.36. The molecule has 1 atom stereocenters. The zero-order valence-electron chi connectivity index (χ0n) is 20.8. The lowest BCUT2D eigenvalue weighted by molar-refractivity contribution is -0.141. The van der Waals surface area contributed by atoms with Gasteiger partial charge >= 0.3 is 0 Å². The van der Waals surface area contributed by atoms with Crippen LogP contribution in [0.4, 0.5) is 0 Å². The molecule has 0 aliphatic heterocycles. The first-order chi connectivity index (χ1) is 16.9. The van der Waals surface area contributed by atoms with E-state index in [0.717, 1.165) is 27.6 Å². The Labute approximate surface area is 217 Å². The number of hydrogen-bond donors (Lipinski definition) is 1. The van der Waals surface area contributed by atoms with Crippen LogP contribution in [0.3, 0.4) is 0 Å². The fourth-order valence-corrected chi connectivity index (χ4v) is 4.32. The van der Waals surface area contributed by atoms with Crippen molar-refractivity contribution >= 4 is 27.7 Å². The lowest BCUT2D eigenvalue weighted by Crippen LogP contribution is -2.51. The Morgan fingerprint density at radius 3 is 2.03 bits per heavy atom. The number of hydrogen-bond acceptors (Lipinski definition) is 2. The lowest BCUT2D eigenvalue weighted by Gasteiger charge is -2.32. The first-order valence-corrected chi connectivity index (χ1v) is 13.1. The van der Waals surface area contributed by atoms with E-state index in [9.17, 15) is 9.59 Å². The van der Waals surface area contributed by atoms with E-state index >= 15 is 0 Å². The van der Waals surface area contributed by atoms with E-state index in [1.54, 1.807) is 4.90 Å². The van der Waals surface area contributed by atoms with Crippen molar-refractivity contribution in [1.29, 1.82) is 0 Å². The lowest BCUT2D eigenvalue weighted by atomic mass is 10.0. The minimum atomic E-state index is -0.599. The third-order valence-corrected chi connectivity index (χ3v) is 6.56. The number of nitrogens with one attached hydrogen (secondary N) is 1. The number of carbonyl (C=O) groups is 2. The summed E-state index contributed by atoms with van der Waals surface area (Å²) >= 11 is 3.48. The topological polar surface area (TPSA) is 49.4 Å². The van der Waals surface area contributed by atoms with Crippen molar-refractivity contribution in [3.63, 3.8) is 0 Å². The van der Waals surface area contributed by atoms with Crippen molar-refractivity contribution in [3.8, 4) is 0 Å². The van der Waals surface area contributed by atoms with Crippen LogP contribution < -0.4 is 5.32 Å². The molecule has 5 heteroatoms. The molecule has 3 aromatic rings. The number of amides is 2. The highest BCUT2D eigenvalue weighted by atomic mass is 79.9. The second-order valence-electron chi connectivity index (χ2n) is 9.19. The maximum Gasteiger partial charge on any atom is 0.243 e. The van der Waals surface area contributed by atoms with E-state index in [1.165, 1.54) is 5.56 Å². The maximum absolute atomic E-state index is 13.7. The molecule has 0 radical (unpaired) electrons. The largest absolute Gasteiger partial charge is 0.352 e. The van der Waals surface area contributed by atoms with Crippen LogP contribution >= 0.6 is 15.9 Å². The summed E-state index contributed by atoms with van der Waals surface area (Å²) in [5.41, 5.74) is 4.43. The average molecular weight is 536 g/mol. The molecule has 0 bridgehead atoms. The molecule has 0 saturated carbocycles. The second-order valence-corrected chi connectivity index (χ2v) is 10.1. The van der Waals surface area contributed by atoms with E-state index in [1.807, 2.05) is 68.4 Å². The first kappa shape index (κ1) is 26.7. The maximum atomic E-state index is 13.7. The predicted octanol–water partition coefficient (Wildman–Crippen LogP) is 6.11. The SMILES string of the molecule is CCc1ccc(CCC(=O)N(Cc2ccc(Br)cc2)[C@@H](Cc2ccccc2)C(=O)NC(C)C)cc1. The van der Waals surface area contributed by atoms with Crippen LogP contribution in [-0.4, -0.2) is 28.8 Å². The average Bonchev–Trinajstić information content (AvgIpc) is 2.86. The smallest absolute Gasteiger partial charge is 0.243 e. The van der Waals surface area contributed by atoms with Crippen LogP contribution in [0.1, 0.15) is 49.4 Å². The Kier molecular flexibility index (Phi) is 10.1. The molecule has 0 saturated heterocycles. The van der Waals surface area contributed by atoms with E-state index in [-0.39, 0.29) is 17.9 Å². The normalized spacial score (nSPS) is 11.8. The van der Waals surface area contributed by atoms with Gasteiger partial charge in [0.05, 0.1) is 0 Å². The molecule has 1 N–H and O–H groups in total. The molecule has 0 aromatic heterocycles. The van der Waals surface area contributed by atoms with E-state index in [4.69, 9.17) is 0 Å². The fourth-order valence-electron chi connectivity index (χ4n) is 4.06. The van der Waals surface area contributed by atoms with E-state index in [0.29, 0.717) is 25.8 Å². The van der Waals surface area contributed by atoms with Gasteiger partial charge in [0.25, 0.3) is 0 Å². The number of carbonyl (C=O) groups excluding carboxylic acids is 2. The van der Waals surface area contributed by atoms with Crippen molar-refractivity contribution in [2.24, 2.45) is 0 Å². The molecule has 0 fully saturated rings. The van der Waals surface area contributed by atoms with Crippen LogP contribution in [-0.2, 0) is 35.4 Å². The van der Waals surface area contributed by atoms with Crippen molar-refractivity contribution < 1.29 is 9.59 Å². The van der Waals surface area contributed by atoms with Gasteiger partial charge in [-0.1, -0.05) is 89.6 Å². The Morgan fingerprint density at radius 1 is 0.829 bits per heavy atom. The molecule has 0 aliphatic rings. The van der Waals surface area contributed by atoms with Crippen LogP contribution in [0.5, 0.6) is 0 Å². The van der Waals surface area contributed by atoms with Gasteiger partial charge in [0.15, 0.2) is 0 Å². The molecule has 0 aliphatic carbocycles. The zero-order valence-corrected chi connectivity index (χ0v) is 22.4. The zero-order chi connectivity index (χ0) is 25.2.